The Hall–Kier alpha value is -2.72. The van der Waals surface area contributed by atoms with Crippen molar-refractivity contribution < 1.29 is 27.4 Å². The Kier molecular flexibility index (Phi) is 6.88. The van der Waals surface area contributed by atoms with Crippen LogP contribution in [-0.4, -0.2) is 42.0 Å². The molecule has 0 saturated carbocycles. The van der Waals surface area contributed by atoms with Crippen molar-refractivity contribution in [2.24, 2.45) is 0 Å². The first-order valence-electron chi connectivity index (χ1n) is 8.98. The van der Waals surface area contributed by atoms with Gasteiger partial charge >= 0.3 is 6.18 Å². The minimum atomic E-state index is -4.54. The van der Waals surface area contributed by atoms with Crippen LogP contribution in [0, 0.1) is 6.92 Å². The molecule has 1 heterocycles. The van der Waals surface area contributed by atoms with Crippen LogP contribution in [0.5, 0.6) is 5.75 Å². The topological polar surface area (TPSA) is 76.2 Å². The van der Waals surface area contributed by atoms with Gasteiger partial charge in [0.2, 0.25) is 5.91 Å². The third-order valence-electron chi connectivity index (χ3n) is 4.08. The number of anilines is 1. The second-order valence-electron chi connectivity index (χ2n) is 6.45. The smallest absolute Gasteiger partial charge is 0.416 e. The second kappa shape index (κ2) is 9.40. The van der Waals surface area contributed by atoms with Crippen molar-refractivity contribution in [3.63, 3.8) is 0 Å². The van der Waals surface area contributed by atoms with E-state index in [1.165, 1.54) is 13.2 Å². The number of H-pyrrole nitrogens is 1. The minimum Gasteiger partial charge on any atom is -0.489 e. The van der Waals surface area contributed by atoms with Crippen molar-refractivity contribution in [1.29, 1.82) is 0 Å². The molecule has 30 heavy (non-hydrogen) atoms. The average molecular weight is 439 g/mol. The lowest BCUT2D eigenvalue weighted by Gasteiger charge is -2.15. The molecule has 10 heteroatoms. The van der Waals surface area contributed by atoms with Gasteiger partial charge < -0.3 is 19.8 Å². The molecule has 2 aromatic carbocycles. The van der Waals surface area contributed by atoms with Gasteiger partial charge in [0, 0.05) is 7.11 Å². The Labute approximate surface area is 175 Å². The van der Waals surface area contributed by atoms with Crippen LogP contribution in [0.1, 0.15) is 11.1 Å². The number of ether oxygens (including phenoxy) is 2. The molecule has 0 aliphatic carbocycles. The number of methoxy groups -OCH3 is 1. The third-order valence-corrected chi connectivity index (χ3v) is 4.95. The van der Waals surface area contributed by atoms with Crippen LogP contribution >= 0.6 is 11.8 Å². The Morgan fingerprint density at radius 1 is 1.20 bits per heavy atom. The number of thioether (sulfide) groups is 1. The predicted molar refractivity (Wildman–Crippen MR) is 109 cm³/mol. The van der Waals surface area contributed by atoms with Crippen LogP contribution in [-0.2, 0) is 15.7 Å². The van der Waals surface area contributed by atoms with Crippen molar-refractivity contribution in [2.75, 3.05) is 31.4 Å². The third kappa shape index (κ3) is 5.67. The summed E-state index contributed by atoms with van der Waals surface area (Å²) in [6.45, 7) is 2.36. The van der Waals surface area contributed by atoms with Crippen LogP contribution in [0.2, 0.25) is 0 Å². The maximum atomic E-state index is 13.1. The van der Waals surface area contributed by atoms with Crippen molar-refractivity contribution in [1.82, 2.24) is 9.97 Å². The number of amides is 1. The highest BCUT2D eigenvalue weighted by Crippen LogP contribution is 2.35. The fraction of sp³-hybridized carbons (Fsp3) is 0.300. The number of imidazole rings is 1. The first-order chi connectivity index (χ1) is 14.3. The molecule has 160 valence electrons. The summed E-state index contributed by atoms with van der Waals surface area (Å²) < 4.78 is 49.5. The normalized spacial score (nSPS) is 11.6. The molecule has 3 rings (SSSR count). The molecule has 0 aliphatic heterocycles. The maximum Gasteiger partial charge on any atom is 0.416 e. The van der Waals surface area contributed by atoms with Crippen molar-refractivity contribution in [3.8, 4) is 5.75 Å². The molecule has 0 saturated heterocycles. The second-order valence-corrected chi connectivity index (χ2v) is 7.41. The number of nitrogens with zero attached hydrogens (tertiary/aromatic N) is 1. The monoisotopic (exact) mass is 439 g/mol. The van der Waals surface area contributed by atoms with Crippen LogP contribution in [0.25, 0.3) is 11.0 Å². The van der Waals surface area contributed by atoms with Gasteiger partial charge in [-0.15, -0.1) is 0 Å². The van der Waals surface area contributed by atoms with E-state index < -0.39 is 17.6 Å². The Morgan fingerprint density at radius 3 is 2.73 bits per heavy atom. The number of fused-ring (bicyclic) bond motifs is 1. The van der Waals surface area contributed by atoms with Crippen LogP contribution in [0.15, 0.2) is 41.6 Å². The zero-order valence-corrected chi connectivity index (χ0v) is 17.1. The number of rotatable bonds is 8. The minimum absolute atomic E-state index is 0.0352. The van der Waals surface area contributed by atoms with E-state index in [0.717, 1.165) is 40.5 Å². The average Bonchev–Trinajstić information content (AvgIpc) is 3.09. The maximum absolute atomic E-state index is 13.1. The molecule has 0 fully saturated rings. The number of aromatic nitrogens is 2. The summed E-state index contributed by atoms with van der Waals surface area (Å²) in [5.41, 5.74) is 1.77. The van der Waals surface area contributed by atoms with Gasteiger partial charge in [-0.1, -0.05) is 17.8 Å². The molecular formula is C20H20F3N3O3S. The van der Waals surface area contributed by atoms with Gasteiger partial charge in [-0.3, -0.25) is 4.79 Å². The number of carbonyl (C=O) groups is 1. The lowest BCUT2D eigenvalue weighted by molar-refractivity contribution is -0.137. The fourth-order valence-corrected chi connectivity index (χ4v) is 3.34. The highest BCUT2D eigenvalue weighted by Gasteiger charge is 2.31. The summed E-state index contributed by atoms with van der Waals surface area (Å²) in [5, 5.41) is 3.04. The molecule has 0 unspecified atom stereocenters. The van der Waals surface area contributed by atoms with Crippen LogP contribution in [0.3, 0.4) is 0 Å². The van der Waals surface area contributed by atoms with E-state index in [9.17, 15) is 18.0 Å². The largest absolute Gasteiger partial charge is 0.489 e. The van der Waals surface area contributed by atoms with Gasteiger partial charge in [0.25, 0.3) is 0 Å². The summed E-state index contributed by atoms with van der Waals surface area (Å²) in [5.74, 6) is -0.378. The molecule has 0 aliphatic rings. The molecule has 0 spiro atoms. The Balaban J connectivity index is 1.69. The number of aryl methyl sites for hydroxylation is 1. The Bertz CT molecular complexity index is 1040. The lowest BCUT2D eigenvalue weighted by Crippen LogP contribution is -2.17. The first-order valence-corrected chi connectivity index (χ1v) is 9.97. The SMILES string of the molecule is COCCOc1ccc(C(F)(F)F)cc1NC(=O)CSc1nc2ccc(C)cc2[nH]1. The summed E-state index contributed by atoms with van der Waals surface area (Å²) in [4.78, 5) is 19.9. The van der Waals surface area contributed by atoms with Gasteiger partial charge in [-0.2, -0.15) is 13.2 Å². The highest BCUT2D eigenvalue weighted by molar-refractivity contribution is 7.99. The summed E-state index contributed by atoms with van der Waals surface area (Å²) in [6.07, 6.45) is -4.54. The number of hydrogen-bond donors (Lipinski definition) is 2. The summed E-state index contributed by atoms with van der Waals surface area (Å²) in [7, 11) is 1.48. The van der Waals surface area contributed by atoms with Crippen molar-refractivity contribution >= 4 is 34.4 Å². The number of hydrogen-bond acceptors (Lipinski definition) is 5. The zero-order valence-electron chi connectivity index (χ0n) is 16.3. The van der Waals surface area contributed by atoms with Gasteiger partial charge in [0.1, 0.15) is 12.4 Å². The van der Waals surface area contributed by atoms with Gasteiger partial charge in [-0.05, 0) is 42.8 Å². The van der Waals surface area contributed by atoms with E-state index in [2.05, 4.69) is 15.3 Å². The van der Waals surface area contributed by atoms with Crippen LogP contribution < -0.4 is 10.1 Å². The van der Waals surface area contributed by atoms with Gasteiger partial charge in [0.05, 0.1) is 34.6 Å². The van der Waals surface area contributed by atoms with E-state index in [-0.39, 0.29) is 30.4 Å². The molecule has 0 bridgehead atoms. The molecular weight excluding hydrogens is 419 g/mol. The fourth-order valence-electron chi connectivity index (χ4n) is 2.65. The number of aromatic amines is 1. The van der Waals surface area contributed by atoms with Gasteiger partial charge in [-0.25, -0.2) is 4.98 Å². The van der Waals surface area contributed by atoms with E-state index in [1.54, 1.807) is 0 Å². The first kappa shape index (κ1) is 22.0. The van der Waals surface area contributed by atoms with E-state index in [0.29, 0.717) is 5.16 Å². The lowest BCUT2D eigenvalue weighted by atomic mass is 10.1. The number of carbonyl (C=O) groups excluding carboxylic acids is 1. The standard InChI is InChI=1S/C20H20F3N3O3S/c1-12-3-5-14-15(9-12)26-19(25-14)30-11-18(27)24-16-10-13(20(21,22)23)4-6-17(16)29-8-7-28-2/h3-6,9-10H,7-8,11H2,1-2H3,(H,24,27)(H,25,26). The zero-order chi connectivity index (χ0) is 21.7. The van der Waals surface area contributed by atoms with Gasteiger partial charge in [0.15, 0.2) is 5.16 Å². The van der Waals surface area contributed by atoms with E-state index >= 15 is 0 Å². The predicted octanol–water partition coefficient (Wildman–Crippen LogP) is 4.65. The number of nitrogens with one attached hydrogen (secondary N) is 2. The van der Waals surface area contributed by atoms with Crippen molar-refractivity contribution in [3.05, 3.63) is 47.5 Å². The van der Waals surface area contributed by atoms with Crippen LogP contribution in [0.4, 0.5) is 18.9 Å². The highest BCUT2D eigenvalue weighted by atomic mass is 32.2. The quantitative estimate of drug-likeness (QED) is 0.395. The molecule has 0 radical (unpaired) electrons. The Morgan fingerprint density at radius 2 is 2.00 bits per heavy atom. The number of halogens is 3. The number of alkyl halides is 3. The summed E-state index contributed by atoms with van der Waals surface area (Å²) in [6, 6.07) is 8.69. The molecule has 1 amide bonds. The van der Waals surface area contributed by atoms with E-state index in [1.807, 2.05) is 25.1 Å². The van der Waals surface area contributed by atoms with E-state index in [4.69, 9.17) is 9.47 Å². The molecule has 3 aromatic rings. The number of benzene rings is 2. The molecule has 2 N–H and O–H groups in total. The molecule has 6 nitrogen and oxygen atoms in total. The molecule has 1 aromatic heterocycles. The van der Waals surface area contributed by atoms with Crippen molar-refractivity contribution in [2.45, 2.75) is 18.3 Å². The molecule has 0 atom stereocenters. The summed E-state index contributed by atoms with van der Waals surface area (Å²) >= 11 is 1.15.